The zero-order chi connectivity index (χ0) is 27.2. The Morgan fingerprint density at radius 2 is 1.59 bits per heavy atom. The number of hydrogen-bond donors (Lipinski definition) is 0. The largest absolute Gasteiger partial charge is 0.543 e. The van der Waals surface area contributed by atoms with E-state index in [4.69, 9.17) is 14.0 Å². The number of nitrogens with zero attached hydrogens (tertiary/aromatic N) is 1. The van der Waals surface area contributed by atoms with E-state index in [9.17, 15) is 4.79 Å². The van der Waals surface area contributed by atoms with Gasteiger partial charge in [0.2, 0.25) is 0 Å². The monoisotopic (exact) mass is 513 g/mol. The summed E-state index contributed by atoms with van der Waals surface area (Å²) in [4.78, 5) is 32.6. The van der Waals surface area contributed by atoms with Crippen molar-refractivity contribution in [1.29, 1.82) is 0 Å². The minimum atomic E-state index is -2.11. The molecule has 0 spiro atoms. The van der Waals surface area contributed by atoms with E-state index in [1.165, 1.54) is 16.8 Å². The molecule has 5 nitrogen and oxygen atoms in total. The van der Waals surface area contributed by atoms with Gasteiger partial charge in [0.25, 0.3) is 8.32 Å². The van der Waals surface area contributed by atoms with Crippen LogP contribution in [0.2, 0.25) is 18.1 Å². The first kappa shape index (κ1) is 27.8. The Hall–Kier alpha value is -3.73. The Kier molecular flexibility index (Phi) is 8.69. The van der Waals surface area contributed by atoms with E-state index in [0.717, 1.165) is 18.5 Å². The summed E-state index contributed by atoms with van der Waals surface area (Å²) >= 11 is 0. The molecule has 0 atom stereocenters. The van der Waals surface area contributed by atoms with Gasteiger partial charge < -0.3 is 9.33 Å². The number of ketones is 1. The average molecular weight is 514 g/mol. The fourth-order valence-electron chi connectivity index (χ4n) is 4.04. The number of Topliss-reactive ketones (excluding diaryl/α,β-unsaturated/α-hetero) is 1. The lowest BCUT2D eigenvalue weighted by atomic mass is 9.96. The molecule has 37 heavy (non-hydrogen) atoms. The lowest BCUT2D eigenvalue weighted by Gasteiger charge is -2.37. The first-order valence-corrected chi connectivity index (χ1v) is 15.3. The Balaban J connectivity index is 0.00000121. The molecule has 4 rings (SSSR count). The first-order valence-electron chi connectivity index (χ1n) is 12.4. The van der Waals surface area contributed by atoms with Crippen molar-refractivity contribution in [3.05, 3.63) is 101 Å². The number of rotatable bonds is 6. The van der Waals surface area contributed by atoms with E-state index in [1.807, 2.05) is 60.8 Å². The highest BCUT2D eigenvalue weighted by molar-refractivity contribution is 6.74. The van der Waals surface area contributed by atoms with Crippen molar-refractivity contribution in [2.24, 2.45) is 0 Å². The highest BCUT2D eigenvalue weighted by atomic mass is 28.4. The zero-order valence-corrected chi connectivity index (χ0v) is 23.5. The van der Waals surface area contributed by atoms with Crippen LogP contribution in [0.15, 0.2) is 79.0 Å². The van der Waals surface area contributed by atoms with Gasteiger partial charge in [-0.3, -0.25) is 4.79 Å². The number of allylic oxidation sites excluding steroid dienone is 1. The van der Waals surface area contributed by atoms with Crippen LogP contribution in [-0.4, -0.2) is 26.8 Å². The second kappa shape index (κ2) is 11.5. The number of carbonyl (C=O) groups excluding carboxylic acids is 3. The van der Waals surface area contributed by atoms with Gasteiger partial charge >= 0.3 is 6.15 Å². The Labute approximate surface area is 220 Å². The minimum Gasteiger partial charge on any atom is -0.543 e. The lowest BCUT2D eigenvalue weighted by molar-refractivity contribution is -0.191. The number of aryl methyl sites for hydroxylation is 1. The number of anilines is 1. The number of fused-ring (bicyclic) bond motifs is 1. The quantitative estimate of drug-likeness (QED) is 0.200. The number of carbonyl (C=O) groups is 1. The average Bonchev–Trinajstić information content (AvgIpc) is 3.24. The zero-order valence-electron chi connectivity index (χ0n) is 22.5. The van der Waals surface area contributed by atoms with Crippen LogP contribution in [0.5, 0.6) is 5.75 Å². The molecule has 3 aromatic rings. The summed E-state index contributed by atoms with van der Waals surface area (Å²) in [6.45, 7) is 14.1. The van der Waals surface area contributed by atoms with Crippen LogP contribution >= 0.6 is 0 Å². The van der Waals surface area contributed by atoms with Gasteiger partial charge in [0.05, 0.1) is 5.56 Å². The van der Waals surface area contributed by atoms with Gasteiger partial charge in [-0.15, -0.1) is 0 Å². The first-order chi connectivity index (χ1) is 17.5. The van der Waals surface area contributed by atoms with E-state index in [2.05, 4.69) is 63.9 Å². The molecule has 0 aliphatic carbocycles. The molecule has 0 radical (unpaired) electrons. The van der Waals surface area contributed by atoms with Gasteiger partial charge in [0, 0.05) is 24.0 Å². The third kappa shape index (κ3) is 6.53. The predicted molar refractivity (Wildman–Crippen MR) is 150 cm³/mol. The van der Waals surface area contributed by atoms with Crippen LogP contribution in [-0.2, 0) is 16.0 Å². The summed E-state index contributed by atoms with van der Waals surface area (Å²) in [6.07, 6.45) is 3.26. The molecule has 1 heterocycles. The fraction of sp³-hybridized carbons (Fsp3) is 0.290. The SMILES string of the molecule is Cc1ccc2c(c1)CCN2/C=C(/C(=O)c1ccccc1O[Si](C)(C)C(C)(C)C)c1ccccc1.O=C=O. The third-order valence-electron chi connectivity index (χ3n) is 7.08. The van der Waals surface area contributed by atoms with E-state index in [0.29, 0.717) is 16.9 Å². The molecular weight excluding hydrogens is 478 g/mol. The number of hydrogen-bond acceptors (Lipinski definition) is 5. The highest BCUT2D eigenvalue weighted by Gasteiger charge is 2.39. The van der Waals surface area contributed by atoms with E-state index in [1.54, 1.807) is 0 Å². The number of benzene rings is 3. The smallest absolute Gasteiger partial charge is 0.373 e. The predicted octanol–water partition coefficient (Wildman–Crippen LogP) is 7.08. The summed E-state index contributed by atoms with van der Waals surface area (Å²) in [5, 5.41) is 0.0403. The molecule has 0 saturated heterocycles. The molecule has 192 valence electrons. The van der Waals surface area contributed by atoms with E-state index < -0.39 is 8.32 Å². The van der Waals surface area contributed by atoms with Gasteiger partial charge in [0.1, 0.15) is 5.75 Å². The van der Waals surface area contributed by atoms with Gasteiger partial charge in [-0.05, 0) is 60.8 Å². The Bertz CT molecular complexity index is 1320. The molecule has 0 bridgehead atoms. The second-order valence-electron chi connectivity index (χ2n) is 10.8. The molecule has 0 saturated carbocycles. The maximum absolute atomic E-state index is 14.1. The van der Waals surface area contributed by atoms with E-state index >= 15 is 0 Å². The topological polar surface area (TPSA) is 63.7 Å². The van der Waals surface area contributed by atoms with Crippen molar-refractivity contribution in [3.63, 3.8) is 0 Å². The van der Waals surface area contributed by atoms with Crippen LogP contribution in [0.3, 0.4) is 0 Å². The van der Waals surface area contributed by atoms with Crippen molar-refractivity contribution >= 4 is 31.5 Å². The van der Waals surface area contributed by atoms with Crippen LogP contribution < -0.4 is 9.33 Å². The molecule has 0 N–H and O–H groups in total. The summed E-state index contributed by atoms with van der Waals surface area (Å²) in [5.41, 5.74) is 5.98. The highest BCUT2D eigenvalue weighted by Crippen LogP contribution is 2.39. The van der Waals surface area contributed by atoms with Crippen LogP contribution in [0.1, 0.15) is 47.8 Å². The van der Waals surface area contributed by atoms with Gasteiger partial charge in [-0.25, -0.2) is 0 Å². The van der Waals surface area contributed by atoms with Gasteiger partial charge in [-0.1, -0.05) is 80.9 Å². The summed E-state index contributed by atoms with van der Waals surface area (Å²) < 4.78 is 6.62. The summed E-state index contributed by atoms with van der Waals surface area (Å²) in [7, 11) is -2.11. The van der Waals surface area contributed by atoms with Gasteiger partial charge in [0.15, 0.2) is 5.78 Å². The molecule has 0 unspecified atom stereocenters. The summed E-state index contributed by atoms with van der Waals surface area (Å²) in [5.74, 6) is 0.666. The van der Waals surface area contributed by atoms with Crippen LogP contribution in [0.4, 0.5) is 5.69 Å². The minimum absolute atomic E-state index is 0.0129. The van der Waals surface area contributed by atoms with Gasteiger partial charge in [-0.2, -0.15) is 9.59 Å². The fourth-order valence-corrected chi connectivity index (χ4v) is 5.08. The Morgan fingerprint density at radius 3 is 2.24 bits per heavy atom. The van der Waals surface area contributed by atoms with Crippen molar-refractivity contribution in [2.45, 2.75) is 52.2 Å². The van der Waals surface area contributed by atoms with Crippen LogP contribution in [0.25, 0.3) is 5.57 Å². The normalized spacial score (nSPS) is 13.2. The lowest BCUT2D eigenvalue weighted by Crippen LogP contribution is -2.44. The molecule has 0 fully saturated rings. The van der Waals surface area contributed by atoms with Crippen molar-refractivity contribution in [2.75, 3.05) is 11.4 Å². The van der Waals surface area contributed by atoms with Crippen molar-refractivity contribution in [1.82, 2.24) is 0 Å². The maximum Gasteiger partial charge on any atom is 0.373 e. The van der Waals surface area contributed by atoms with Crippen molar-refractivity contribution in [3.8, 4) is 5.75 Å². The second-order valence-corrected chi connectivity index (χ2v) is 15.5. The maximum atomic E-state index is 14.1. The standard InChI is InChI=1S/C30H35NO2Si.CO2/c1-22-16-17-27-24(20-22)18-19-31(27)21-26(23-12-8-7-9-13-23)29(32)25-14-10-11-15-28(25)33-34(5,6)30(2,3)4;2-1-3/h7-17,20-21H,18-19H2,1-6H3;/b26-21+;. The summed E-state index contributed by atoms with van der Waals surface area (Å²) in [6, 6.07) is 24.2. The van der Waals surface area contributed by atoms with Crippen molar-refractivity contribution < 1.29 is 18.8 Å². The molecule has 1 aliphatic rings. The van der Waals surface area contributed by atoms with Crippen LogP contribution in [0, 0.1) is 6.92 Å². The Morgan fingerprint density at radius 1 is 0.973 bits per heavy atom. The third-order valence-corrected chi connectivity index (χ3v) is 11.4. The van der Waals surface area contributed by atoms with E-state index in [-0.39, 0.29) is 17.0 Å². The molecule has 1 aliphatic heterocycles. The molecule has 0 amide bonds. The molecular formula is C31H35NO4Si. The number of para-hydroxylation sites is 1. The molecule has 6 heteroatoms. The molecule has 3 aromatic carbocycles. The molecule has 0 aromatic heterocycles.